The van der Waals surface area contributed by atoms with Gasteiger partial charge in [-0.3, -0.25) is 0 Å². The van der Waals surface area contributed by atoms with Crippen LogP contribution in [0.5, 0.6) is 0 Å². The van der Waals surface area contributed by atoms with E-state index >= 15 is 0 Å². The van der Waals surface area contributed by atoms with Crippen molar-refractivity contribution in [3.8, 4) is 0 Å². The summed E-state index contributed by atoms with van der Waals surface area (Å²) in [4.78, 5) is 8.54. The molecule has 2 radical (unpaired) electrons. The fourth-order valence-electron chi connectivity index (χ4n) is 1.01. The molecule has 0 aromatic heterocycles. The number of unbranched alkanes of at least 4 members (excludes halogenated alkanes) is 4. The molecule has 0 unspecified atom stereocenters. The molecule has 0 saturated carbocycles. The number of hydrogen-bond acceptors (Lipinski definition) is 4. The maximum absolute atomic E-state index is 5.20. The van der Waals surface area contributed by atoms with Gasteiger partial charge < -0.3 is 0 Å². The predicted molar refractivity (Wildman–Crippen MR) is 102 cm³/mol. The van der Waals surface area contributed by atoms with Crippen LogP contribution in [0.4, 0.5) is 0 Å². The molecule has 0 aliphatic heterocycles. The fourth-order valence-corrected chi connectivity index (χ4v) is 15.2. The van der Waals surface area contributed by atoms with Gasteiger partial charge in [-0.15, -0.1) is 0 Å². The van der Waals surface area contributed by atoms with Gasteiger partial charge in [-0.25, -0.2) is 0 Å². The fraction of sp³-hybridized carbons (Fsp3) is 0.667. The van der Waals surface area contributed by atoms with Gasteiger partial charge in [0.2, 0.25) is 0 Å². The SMILES string of the molecule is CCCCC=NC(=S)[S][Pb][S]C(=S)N=CCCCC. The Kier molecular flexibility index (Phi) is 16.5. The molecule has 0 aliphatic rings. The second-order valence-corrected chi connectivity index (χ2v) is 17.5. The average molecular weight is 528 g/mol. The van der Waals surface area contributed by atoms with Crippen molar-refractivity contribution >= 4 is 83.4 Å². The first kappa shape index (κ1) is 20.1. The third kappa shape index (κ3) is 15.4. The quantitative estimate of drug-likeness (QED) is 0.190. The number of aliphatic imine (C=N–C) groups is 2. The van der Waals surface area contributed by atoms with Gasteiger partial charge in [-0.05, 0) is 0 Å². The standard InChI is InChI=1S/2C6H11NS2.Pb/c2*1-2-3-4-5-7-6(8)9;/h2*5H,2-4H2,1H3,(H,8,9);/q;;+2/p-2. The molecule has 0 saturated heterocycles. The van der Waals surface area contributed by atoms with E-state index in [1.807, 2.05) is 12.4 Å². The Labute approximate surface area is 144 Å². The summed E-state index contributed by atoms with van der Waals surface area (Å²) in [5, 5.41) is 0. The van der Waals surface area contributed by atoms with E-state index in [0.717, 1.165) is 21.5 Å². The van der Waals surface area contributed by atoms with E-state index in [4.69, 9.17) is 24.4 Å². The zero-order chi connectivity index (χ0) is 14.3. The van der Waals surface area contributed by atoms with Gasteiger partial charge in [0.15, 0.2) is 0 Å². The van der Waals surface area contributed by atoms with Crippen LogP contribution in [0.1, 0.15) is 52.4 Å². The summed E-state index contributed by atoms with van der Waals surface area (Å²) in [6.45, 7) is 4.35. The number of thiocarbonyl (C=S) groups is 2. The van der Waals surface area contributed by atoms with Crippen LogP contribution in [0.15, 0.2) is 9.98 Å². The van der Waals surface area contributed by atoms with Crippen molar-refractivity contribution in [1.29, 1.82) is 0 Å². The predicted octanol–water partition coefficient (Wildman–Crippen LogP) is 5.08. The summed E-state index contributed by atoms with van der Waals surface area (Å²) in [7, 11) is 3.47. The molecular formula is C12H20N2PbS4. The molecule has 0 fully saturated rings. The third-order valence-corrected chi connectivity index (χ3v) is 17.8. The second kappa shape index (κ2) is 15.5. The first-order valence-corrected chi connectivity index (χ1v) is 18.4. The minimum atomic E-state index is -0.929. The molecule has 106 valence electrons. The molecule has 2 nitrogen and oxygen atoms in total. The van der Waals surface area contributed by atoms with Gasteiger partial charge in [0.1, 0.15) is 0 Å². The Morgan fingerprint density at radius 2 is 1.37 bits per heavy atom. The summed E-state index contributed by atoms with van der Waals surface area (Å²) in [6.07, 6.45) is 10.7. The monoisotopic (exact) mass is 528 g/mol. The molecule has 0 aliphatic carbocycles. The van der Waals surface area contributed by atoms with Gasteiger partial charge >= 0.3 is 146 Å². The molecule has 7 heteroatoms. The van der Waals surface area contributed by atoms with Gasteiger partial charge in [-0.1, -0.05) is 0 Å². The minimum absolute atomic E-state index is 0.768. The molecule has 0 rings (SSSR count). The van der Waals surface area contributed by atoms with Crippen molar-refractivity contribution in [2.45, 2.75) is 52.4 Å². The van der Waals surface area contributed by atoms with E-state index in [2.05, 4.69) is 23.8 Å². The van der Waals surface area contributed by atoms with Crippen LogP contribution in [0, 0.1) is 0 Å². The molecule has 0 atom stereocenters. The van der Waals surface area contributed by atoms with Crippen molar-refractivity contribution in [1.82, 2.24) is 0 Å². The number of hydrogen-bond donors (Lipinski definition) is 0. The van der Waals surface area contributed by atoms with Gasteiger partial charge in [-0.2, -0.15) is 0 Å². The van der Waals surface area contributed by atoms with Crippen molar-refractivity contribution in [2.24, 2.45) is 9.98 Å². The van der Waals surface area contributed by atoms with E-state index in [0.29, 0.717) is 0 Å². The maximum atomic E-state index is 5.20. The van der Waals surface area contributed by atoms with Crippen molar-refractivity contribution in [3.05, 3.63) is 0 Å². The second-order valence-electron chi connectivity index (χ2n) is 3.73. The molecule has 0 aromatic carbocycles. The first-order valence-electron chi connectivity index (χ1n) is 6.42. The van der Waals surface area contributed by atoms with Crippen LogP contribution in [0.3, 0.4) is 0 Å². The molecule has 0 N–H and O–H groups in total. The zero-order valence-electron chi connectivity index (χ0n) is 11.4. The van der Waals surface area contributed by atoms with Crippen molar-refractivity contribution < 1.29 is 0 Å². The molecular weight excluding hydrogens is 508 g/mol. The van der Waals surface area contributed by atoms with Crippen molar-refractivity contribution in [2.75, 3.05) is 0 Å². The molecule has 0 heterocycles. The average Bonchev–Trinajstić information content (AvgIpc) is 2.40. The molecule has 0 aromatic rings. The Morgan fingerprint density at radius 1 is 0.947 bits per heavy atom. The van der Waals surface area contributed by atoms with Crippen LogP contribution >= 0.6 is 41.1 Å². The van der Waals surface area contributed by atoms with Gasteiger partial charge in [0.25, 0.3) is 0 Å². The van der Waals surface area contributed by atoms with Crippen LogP contribution in [0.25, 0.3) is 0 Å². The summed E-state index contributed by atoms with van der Waals surface area (Å²) in [5.74, 6) is 0. The summed E-state index contributed by atoms with van der Waals surface area (Å²) >= 11 is 9.46. The van der Waals surface area contributed by atoms with E-state index < -0.39 is 21.2 Å². The van der Waals surface area contributed by atoms with E-state index in [1.165, 1.54) is 25.7 Å². The topological polar surface area (TPSA) is 24.7 Å². The van der Waals surface area contributed by atoms with Gasteiger partial charge in [0, 0.05) is 0 Å². The molecule has 19 heavy (non-hydrogen) atoms. The van der Waals surface area contributed by atoms with Crippen molar-refractivity contribution in [3.63, 3.8) is 0 Å². The Morgan fingerprint density at radius 3 is 1.74 bits per heavy atom. The van der Waals surface area contributed by atoms with E-state index in [-0.39, 0.29) is 0 Å². The van der Waals surface area contributed by atoms with Crippen LogP contribution in [-0.4, -0.2) is 42.3 Å². The van der Waals surface area contributed by atoms with Crippen LogP contribution < -0.4 is 0 Å². The first-order chi connectivity index (χ1) is 9.20. The third-order valence-electron chi connectivity index (χ3n) is 2.02. The Bertz CT molecular complexity index is 289. The summed E-state index contributed by atoms with van der Waals surface area (Å²) in [5.41, 5.74) is 0. The normalized spacial score (nSPS) is 11.5. The molecule has 0 amide bonds. The number of nitrogens with zero attached hydrogens (tertiary/aromatic N) is 2. The summed E-state index contributed by atoms with van der Waals surface area (Å²) in [6, 6.07) is 0. The Balaban J connectivity index is 3.61. The Hall–Kier alpha value is 1.14. The van der Waals surface area contributed by atoms with Crippen LogP contribution in [-0.2, 0) is 0 Å². The molecule has 0 spiro atoms. The summed E-state index contributed by atoms with van der Waals surface area (Å²) < 4.78 is 1.54. The zero-order valence-corrected chi connectivity index (χ0v) is 18.6. The number of rotatable bonds is 8. The molecule has 0 bridgehead atoms. The van der Waals surface area contributed by atoms with E-state index in [9.17, 15) is 0 Å². The van der Waals surface area contributed by atoms with E-state index in [1.54, 1.807) is 16.6 Å². The van der Waals surface area contributed by atoms with Crippen LogP contribution in [0.2, 0.25) is 0 Å². The van der Waals surface area contributed by atoms with Gasteiger partial charge in [0.05, 0.1) is 0 Å².